The van der Waals surface area contributed by atoms with Gasteiger partial charge in [-0.3, -0.25) is 0 Å². The molecule has 0 radical (unpaired) electrons. The van der Waals surface area contributed by atoms with Crippen LogP contribution in [0.5, 0.6) is 0 Å². The van der Waals surface area contributed by atoms with E-state index in [1.165, 1.54) is 22.3 Å². The number of hydrogen-bond acceptors (Lipinski definition) is 7. The van der Waals surface area contributed by atoms with Crippen molar-refractivity contribution in [3.05, 3.63) is 142 Å². The highest BCUT2D eigenvalue weighted by Crippen LogP contribution is 2.43. The predicted molar refractivity (Wildman–Crippen MR) is 194 cm³/mol. The van der Waals surface area contributed by atoms with Crippen molar-refractivity contribution in [1.29, 1.82) is 0 Å². The molecule has 0 aliphatic heterocycles. The number of carbonyl (C=O) groups is 1. The fourth-order valence-corrected chi connectivity index (χ4v) is 9.01. The SMILES string of the molecule is O=C(O)c1sc(/C=C/c2ccc(-c3ccc(-c4ccc(-c5ccc(N(c6ccccc6)c6ccccc6)cc5)s4)s3)s2)nc1C(F)(F)F. The van der Waals surface area contributed by atoms with E-state index in [9.17, 15) is 18.0 Å². The van der Waals surface area contributed by atoms with Crippen molar-refractivity contribution in [2.45, 2.75) is 6.18 Å². The third-order valence-corrected chi connectivity index (χ3v) is 11.9. The van der Waals surface area contributed by atoms with Gasteiger partial charge in [0.25, 0.3) is 0 Å². The third kappa shape index (κ3) is 6.76. The number of hydrogen-bond donors (Lipinski definition) is 1. The van der Waals surface area contributed by atoms with Crippen molar-refractivity contribution >= 4 is 80.5 Å². The number of nitrogens with zero attached hydrogens (tertiary/aromatic N) is 2. The van der Waals surface area contributed by atoms with Gasteiger partial charge in [-0.15, -0.1) is 45.3 Å². The number of carboxylic acid groups (broad SMARTS) is 1. The summed E-state index contributed by atoms with van der Waals surface area (Å²) in [6.45, 7) is 0. The Morgan fingerprint density at radius 2 is 1.10 bits per heavy atom. The second-order valence-corrected chi connectivity index (χ2v) is 14.8. The number of thiophene rings is 3. The van der Waals surface area contributed by atoms with Crippen molar-refractivity contribution in [2.24, 2.45) is 0 Å². The lowest BCUT2D eigenvalue weighted by molar-refractivity contribution is -0.141. The Balaban J connectivity index is 1.07. The van der Waals surface area contributed by atoms with Crippen LogP contribution < -0.4 is 4.90 Å². The first-order chi connectivity index (χ1) is 23.2. The van der Waals surface area contributed by atoms with Gasteiger partial charge >= 0.3 is 12.1 Å². The Bertz CT molecular complexity index is 2170. The summed E-state index contributed by atoms with van der Waals surface area (Å²) in [4.78, 5) is 22.6. The van der Waals surface area contributed by atoms with Crippen molar-refractivity contribution in [2.75, 3.05) is 4.90 Å². The zero-order valence-electron chi connectivity index (χ0n) is 24.7. The normalized spacial score (nSPS) is 11.7. The van der Waals surface area contributed by atoms with Crippen LogP contribution in [0.1, 0.15) is 25.3 Å². The average molecular weight is 713 g/mol. The van der Waals surface area contributed by atoms with Gasteiger partial charge in [-0.2, -0.15) is 13.2 Å². The maximum atomic E-state index is 13.2. The van der Waals surface area contributed by atoms with Crippen LogP contribution in [0.25, 0.3) is 42.1 Å². The van der Waals surface area contributed by atoms with Gasteiger partial charge in [-0.25, -0.2) is 9.78 Å². The number of aromatic nitrogens is 1. The number of anilines is 3. The van der Waals surface area contributed by atoms with E-state index >= 15 is 0 Å². The molecular weight excluding hydrogens is 690 g/mol. The lowest BCUT2D eigenvalue weighted by Gasteiger charge is -2.25. The molecule has 7 rings (SSSR count). The van der Waals surface area contributed by atoms with Crippen molar-refractivity contribution in [1.82, 2.24) is 4.98 Å². The van der Waals surface area contributed by atoms with E-state index in [1.807, 2.05) is 48.5 Å². The number of para-hydroxylation sites is 2. The molecule has 4 heterocycles. The topological polar surface area (TPSA) is 53.4 Å². The highest BCUT2D eigenvalue weighted by atomic mass is 32.1. The highest BCUT2D eigenvalue weighted by Gasteiger charge is 2.39. The Morgan fingerprint density at radius 1 is 0.604 bits per heavy atom. The van der Waals surface area contributed by atoms with Crippen LogP contribution in [-0.2, 0) is 6.18 Å². The molecule has 0 amide bonds. The zero-order chi connectivity index (χ0) is 33.3. The van der Waals surface area contributed by atoms with Crippen LogP contribution in [0.4, 0.5) is 30.2 Å². The van der Waals surface area contributed by atoms with E-state index in [1.54, 1.807) is 28.7 Å². The van der Waals surface area contributed by atoms with Crippen molar-refractivity contribution in [3.63, 3.8) is 0 Å². The van der Waals surface area contributed by atoms with Crippen molar-refractivity contribution < 1.29 is 23.1 Å². The largest absolute Gasteiger partial charge is 0.477 e. The van der Waals surface area contributed by atoms with Crippen LogP contribution in [0, 0.1) is 0 Å². The molecule has 7 aromatic rings. The summed E-state index contributed by atoms with van der Waals surface area (Å²) in [7, 11) is 0. The molecule has 48 heavy (non-hydrogen) atoms. The van der Waals surface area contributed by atoms with Crippen molar-refractivity contribution in [3.8, 4) is 29.9 Å². The number of benzene rings is 3. The van der Waals surface area contributed by atoms with Gasteiger partial charge in [0, 0.05) is 46.3 Å². The lowest BCUT2D eigenvalue weighted by atomic mass is 10.1. The number of thiazole rings is 1. The molecule has 0 aliphatic carbocycles. The van der Waals surface area contributed by atoms with Crippen LogP contribution in [0.2, 0.25) is 0 Å². The molecule has 0 spiro atoms. The first kappa shape index (κ1) is 31.8. The molecule has 238 valence electrons. The third-order valence-electron chi connectivity index (χ3n) is 7.26. The van der Waals surface area contributed by atoms with Gasteiger partial charge in [0.1, 0.15) is 9.88 Å². The van der Waals surface area contributed by atoms with E-state index in [4.69, 9.17) is 5.11 Å². The minimum atomic E-state index is -4.83. The fourth-order valence-electron chi connectivity index (χ4n) is 5.08. The lowest BCUT2D eigenvalue weighted by Crippen LogP contribution is -2.11. The van der Waals surface area contributed by atoms with E-state index in [0.29, 0.717) is 11.3 Å². The standard InChI is InChI=1S/C37H23F3N2O2S4/c38-37(39,40)35-34(36(43)44)48-33(41-35)22-16-27-15-17-29(45-27)30-20-21-32(47-30)31-19-18-28(46-31)23-11-13-26(14-12-23)42(24-7-3-1-4-8-24)25-9-5-2-6-10-25/h1-22H,(H,43,44)/b22-16+. The molecular formula is C37H23F3N2O2S4. The van der Waals surface area contributed by atoms with E-state index in [2.05, 4.69) is 82.7 Å². The minimum Gasteiger partial charge on any atom is -0.477 e. The number of aromatic carboxylic acids is 1. The van der Waals surface area contributed by atoms with Gasteiger partial charge in [0.2, 0.25) is 0 Å². The molecule has 4 nitrogen and oxygen atoms in total. The molecule has 1 N–H and O–H groups in total. The predicted octanol–water partition coefficient (Wildman–Crippen LogP) is 12.7. The minimum absolute atomic E-state index is 0.0130. The van der Waals surface area contributed by atoms with Gasteiger partial charge in [0.05, 0.1) is 0 Å². The Hall–Kier alpha value is -4.81. The number of carboxylic acids is 1. The summed E-state index contributed by atoms with van der Waals surface area (Å²) in [5.74, 6) is -1.64. The fraction of sp³-hybridized carbons (Fsp3) is 0.0270. The number of halogens is 3. The first-order valence-electron chi connectivity index (χ1n) is 14.5. The molecule has 0 bridgehead atoms. The second kappa shape index (κ2) is 13.4. The summed E-state index contributed by atoms with van der Waals surface area (Å²) in [5, 5.41) is 9.14. The molecule has 0 aliphatic rings. The molecule has 0 atom stereocenters. The van der Waals surface area contributed by atoms with E-state index in [0.717, 1.165) is 47.0 Å². The Kier molecular flexibility index (Phi) is 8.84. The van der Waals surface area contributed by atoms with E-state index < -0.39 is 22.7 Å². The van der Waals surface area contributed by atoms with Crippen LogP contribution >= 0.6 is 45.3 Å². The zero-order valence-corrected chi connectivity index (χ0v) is 28.0. The highest BCUT2D eigenvalue weighted by molar-refractivity contribution is 7.27. The monoisotopic (exact) mass is 712 g/mol. The van der Waals surface area contributed by atoms with Crippen LogP contribution in [0.15, 0.2) is 121 Å². The summed E-state index contributed by atoms with van der Waals surface area (Å²) in [6.07, 6.45) is -1.75. The quantitative estimate of drug-likeness (QED) is 0.162. The molecule has 0 fully saturated rings. The maximum absolute atomic E-state index is 13.2. The van der Waals surface area contributed by atoms with Gasteiger partial charge < -0.3 is 10.0 Å². The number of rotatable bonds is 9. The summed E-state index contributed by atoms with van der Waals surface area (Å²) in [5.41, 5.74) is 3.02. The molecule has 3 aromatic carbocycles. The number of alkyl halides is 3. The first-order valence-corrected chi connectivity index (χ1v) is 17.8. The van der Waals surface area contributed by atoms with Gasteiger partial charge in [-0.1, -0.05) is 48.5 Å². The molecule has 0 saturated heterocycles. The van der Waals surface area contributed by atoms with Crippen LogP contribution in [0.3, 0.4) is 0 Å². The summed E-state index contributed by atoms with van der Waals surface area (Å²) in [6, 6.07) is 41.5. The van der Waals surface area contributed by atoms with E-state index in [-0.39, 0.29) is 5.01 Å². The summed E-state index contributed by atoms with van der Waals surface area (Å²) >= 11 is 5.42. The average Bonchev–Trinajstić information content (AvgIpc) is 3.91. The molecule has 0 saturated carbocycles. The molecule has 11 heteroatoms. The smallest absolute Gasteiger partial charge is 0.435 e. The Morgan fingerprint density at radius 3 is 1.65 bits per heavy atom. The molecule has 0 unspecified atom stereocenters. The van der Waals surface area contributed by atoms with Gasteiger partial charge in [0.15, 0.2) is 5.69 Å². The van der Waals surface area contributed by atoms with Gasteiger partial charge in [-0.05, 0) is 90.5 Å². The van der Waals surface area contributed by atoms with Crippen LogP contribution in [-0.4, -0.2) is 16.1 Å². The Labute approximate surface area is 290 Å². The maximum Gasteiger partial charge on any atom is 0.435 e. The summed E-state index contributed by atoms with van der Waals surface area (Å²) < 4.78 is 39.6. The second-order valence-electron chi connectivity index (χ2n) is 10.4. The molecule has 4 aromatic heterocycles.